The fourth-order valence-corrected chi connectivity index (χ4v) is 2.46. The molecular weight excluding hydrogens is 300 g/mol. The normalized spacial score (nSPS) is 13.4. The molecule has 22 heavy (non-hydrogen) atoms. The largest absolute Gasteiger partial charge is 0.348 e. The standard InChI is InChI=1S/C16H26N2O3S/c1-12(2)10-14-6-8-15(9-7-14)13(3)17-16(19)11-18(4)22(5,20)21/h6-9,12-13H,10-11H2,1-5H3,(H,17,19). The van der Waals surface area contributed by atoms with Gasteiger partial charge >= 0.3 is 0 Å². The van der Waals surface area contributed by atoms with E-state index in [1.165, 1.54) is 12.6 Å². The molecule has 1 N–H and O–H groups in total. The van der Waals surface area contributed by atoms with Crippen molar-refractivity contribution in [2.24, 2.45) is 5.92 Å². The Morgan fingerprint density at radius 3 is 2.18 bits per heavy atom. The number of likely N-dealkylation sites (N-methyl/N-ethyl adjacent to an activating group) is 1. The van der Waals surface area contributed by atoms with Gasteiger partial charge in [-0.1, -0.05) is 38.1 Å². The van der Waals surface area contributed by atoms with Crippen molar-refractivity contribution in [1.29, 1.82) is 0 Å². The molecule has 0 fully saturated rings. The van der Waals surface area contributed by atoms with E-state index in [1.54, 1.807) is 0 Å². The Morgan fingerprint density at radius 1 is 1.18 bits per heavy atom. The van der Waals surface area contributed by atoms with E-state index in [2.05, 4.69) is 31.3 Å². The number of hydrogen-bond donors (Lipinski definition) is 1. The smallest absolute Gasteiger partial charge is 0.235 e. The molecule has 0 saturated carbocycles. The molecular formula is C16H26N2O3S. The molecule has 0 radical (unpaired) electrons. The fourth-order valence-electron chi connectivity index (χ4n) is 2.10. The van der Waals surface area contributed by atoms with E-state index in [0.29, 0.717) is 5.92 Å². The molecule has 1 atom stereocenters. The second kappa shape index (κ2) is 7.74. The van der Waals surface area contributed by atoms with Crippen molar-refractivity contribution >= 4 is 15.9 Å². The molecule has 5 nitrogen and oxygen atoms in total. The van der Waals surface area contributed by atoms with Gasteiger partial charge in [-0.15, -0.1) is 0 Å². The van der Waals surface area contributed by atoms with Crippen LogP contribution in [0.1, 0.15) is 37.9 Å². The third-order valence-electron chi connectivity index (χ3n) is 3.43. The monoisotopic (exact) mass is 326 g/mol. The lowest BCUT2D eigenvalue weighted by Gasteiger charge is -2.18. The summed E-state index contributed by atoms with van der Waals surface area (Å²) in [4.78, 5) is 11.9. The highest BCUT2D eigenvalue weighted by molar-refractivity contribution is 7.88. The zero-order valence-corrected chi connectivity index (χ0v) is 14.8. The van der Waals surface area contributed by atoms with Gasteiger partial charge in [0.15, 0.2) is 0 Å². The van der Waals surface area contributed by atoms with Gasteiger partial charge in [0, 0.05) is 7.05 Å². The predicted molar refractivity (Wildman–Crippen MR) is 89.0 cm³/mol. The first-order valence-corrected chi connectivity index (χ1v) is 9.24. The second-order valence-electron chi connectivity index (χ2n) is 6.15. The molecule has 1 aromatic carbocycles. The summed E-state index contributed by atoms with van der Waals surface area (Å²) in [5.74, 6) is 0.293. The molecule has 0 aromatic heterocycles. The van der Waals surface area contributed by atoms with E-state index < -0.39 is 10.0 Å². The van der Waals surface area contributed by atoms with Crippen molar-refractivity contribution < 1.29 is 13.2 Å². The lowest BCUT2D eigenvalue weighted by Crippen LogP contribution is -2.38. The number of nitrogens with one attached hydrogen (secondary N) is 1. The van der Waals surface area contributed by atoms with E-state index in [9.17, 15) is 13.2 Å². The zero-order valence-electron chi connectivity index (χ0n) is 14.0. The number of carbonyl (C=O) groups is 1. The molecule has 0 heterocycles. The first kappa shape index (κ1) is 18.6. The summed E-state index contributed by atoms with van der Waals surface area (Å²) in [7, 11) is -1.95. The topological polar surface area (TPSA) is 66.5 Å². The van der Waals surface area contributed by atoms with Crippen LogP contribution < -0.4 is 5.32 Å². The molecule has 0 bridgehead atoms. The number of rotatable bonds is 7. The highest BCUT2D eigenvalue weighted by Gasteiger charge is 2.17. The van der Waals surface area contributed by atoms with Crippen LogP contribution in [0.15, 0.2) is 24.3 Å². The first-order chi connectivity index (χ1) is 10.1. The van der Waals surface area contributed by atoms with Crippen molar-refractivity contribution in [1.82, 2.24) is 9.62 Å². The van der Waals surface area contributed by atoms with E-state index in [4.69, 9.17) is 0 Å². The van der Waals surface area contributed by atoms with Crippen LogP contribution in [0.25, 0.3) is 0 Å². The average Bonchev–Trinajstić information content (AvgIpc) is 2.37. The molecule has 6 heteroatoms. The van der Waals surface area contributed by atoms with Gasteiger partial charge in [-0.25, -0.2) is 8.42 Å². The van der Waals surface area contributed by atoms with Crippen molar-refractivity contribution in [2.45, 2.75) is 33.2 Å². The van der Waals surface area contributed by atoms with E-state index >= 15 is 0 Å². The summed E-state index contributed by atoms with van der Waals surface area (Å²) in [5, 5.41) is 2.81. The lowest BCUT2D eigenvalue weighted by atomic mass is 10.00. The molecule has 0 saturated heterocycles. The zero-order chi connectivity index (χ0) is 16.9. The van der Waals surface area contributed by atoms with Crippen LogP contribution in [0.3, 0.4) is 0 Å². The molecule has 0 aliphatic heterocycles. The maximum atomic E-state index is 11.9. The number of sulfonamides is 1. The van der Waals surface area contributed by atoms with Gasteiger partial charge < -0.3 is 5.32 Å². The van der Waals surface area contributed by atoms with Gasteiger partial charge in [0.05, 0.1) is 18.8 Å². The van der Waals surface area contributed by atoms with Gasteiger partial charge in [-0.05, 0) is 30.4 Å². The fraction of sp³-hybridized carbons (Fsp3) is 0.562. The molecule has 1 amide bonds. The Kier molecular flexibility index (Phi) is 6.56. The van der Waals surface area contributed by atoms with Gasteiger partial charge in [0.2, 0.25) is 15.9 Å². The number of nitrogens with zero attached hydrogens (tertiary/aromatic N) is 1. The van der Waals surface area contributed by atoms with Crippen molar-refractivity contribution in [2.75, 3.05) is 19.8 Å². The van der Waals surface area contributed by atoms with Gasteiger partial charge in [-0.2, -0.15) is 4.31 Å². The molecule has 0 spiro atoms. The van der Waals surface area contributed by atoms with E-state index in [0.717, 1.165) is 22.5 Å². The number of hydrogen-bond acceptors (Lipinski definition) is 3. The molecule has 1 rings (SSSR count). The van der Waals surface area contributed by atoms with Gasteiger partial charge in [0.25, 0.3) is 0 Å². The Labute approximate surface area is 133 Å². The third-order valence-corrected chi connectivity index (χ3v) is 4.69. The van der Waals surface area contributed by atoms with Crippen LogP contribution in [-0.4, -0.2) is 38.5 Å². The van der Waals surface area contributed by atoms with Crippen LogP contribution in [0.5, 0.6) is 0 Å². The maximum Gasteiger partial charge on any atom is 0.235 e. The summed E-state index contributed by atoms with van der Waals surface area (Å²) >= 11 is 0. The summed E-state index contributed by atoms with van der Waals surface area (Å²) in [6.07, 6.45) is 2.11. The Bertz CT molecular complexity index is 594. The van der Waals surface area contributed by atoms with Crippen LogP contribution >= 0.6 is 0 Å². The van der Waals surface area contributed by atoms with Crippen LogP contribution in [-0.2, 0) is 21.2 Å². The number of carbonyl (C=O) groups excluding carboxylic acids is 1. The van der Waals surface area contributed by atoms with Gasteiger partial charge in [0.1, 0.15) is 0 Å². The predicted octanol–water partition coefficient (Wildman–Crippen LogP) is 1.95. The second-order valence-corrected chi connectivity index (χ2v) is 8.24. The molecule has 1 aromatic rings. The highest BCUT2D eigenvalue weighted by Crippen LogP contribution is 2.15. The highest BCUT2D eigenvalue weighted by atomic mass is 32.2. The molecule has 124 valence electrons. The van der Waals surface area contributed by atoms with Gasteiger partial charge in [-0.3, -0.25) is 4.79 Å². The first-order valence-electron chi connectivity index (χ1n) is 7.39. The van der Waals surface area contributed by atoms with Crippen molar-refractivity contribution in [3.05, 3.63) is 35.4 Å². The van der Waals surface area contributed by atoms with Crippen LogP contribution in [0, 0.1) is 5.92 Å². The average molecular weight is 326 g/mol. The maximum absolute atomic E-state index is 11.9. The van der Waals surface area contributed by atoms with E-state index in [1.807, 2.05) is 19.1 Å². The third kappa shape index (κ3) is 6.15. The summed E-state index contributed by atoms with van der Waals surface area (Å²) < 4.78 is 23.6. The molecule has 0 aliphatic rings. The summed E-state index contributed by atoms with van der Waals surface area (Å²) in [6, 6.07) is 7.99. The Balaban J connectivity index is 2.61. The van der Waals surface area contributed by atoms with Crippen LogP contribution in [0.4, 0.5) is 0 Å². The minimum absolute atomic E-state index is 0.159. The quantitative estimate of drug-likeness (QED) is 0.833. The van der Waals surface area contributed by atoms with Crippen molar-refractivity contribution in [3.8, 4) is 0 Å². The number of amides is 1. The van der Waals surface area contributed by atoms with E-state index in [-0.39, 0.29) is 18.5 Å². The van der Waals surface area contributed by atoms with Crippen LogP contribution in [0.2, 0.25) is 0 Å². The molecule has 0 aliphatic carbocycles. The molecule has 1 unspecified atom stereocenters. The minimum Gasteiger partial charge on any atom is -0.348 e. The number of benzene rings is 1. The SMILES string of the molecule is CC(C)Cc1ccc(C(C)NC(=O)CN(C)S(C)(=O)=O)cc1. The Morgan fingerprint density at radius 2 is 1.73 bits per heavy atom. The lowest BCUT2D eigenvalue weighted by molar-refractivity contribution is -0.121. The summed E-state index contributed by atoms with van der Waals surface area (Å²) in [5.41, 5.74) is 2.27. The Hall–Kier alpha value is -1.40. The summed E-state index contributed by atoms with van der Waals surface area (Å²) in [6.45, 7) is 6.06. The van der Waals surface area contributed by atoms with Crippen molar-refractivity contribution in [3.63, 3.8) is 0 Å². The minimum atomic E-state index is -3.34.